The third-order valence-electron chi connectivity index (χ3n) is 3.70. The molecular weight excluding hydrogens is 292 g/mol. The van der Waals surface area contributed by atoms with Crippen LogP contribution in [0.1, 0.15) is 33.6 Å². The van der Waals surface area contributed by atoms with E-state index in [1.165, 1.54) is 0 Å². The molecule has 0 aromatic heterocycles. The van der Waals surface area contributed by atoms with Crippen molar-refractivity contribution in [1.82, 2.24) is 4.90 Å². The summed E-state index contributed by atoms with van der Waals surface area (Å²) in [6, 6.07) is 7.42. The van der Waals surface area contributed by atoms with E-state index >= 15 is 0 Å². The number of amides is 1. The number of carbonyl (C=O) groups is 1. The fourth-order valence-corrected chi connectivity index (χ4v) is 1.90. The molecule has 130 valence electrons. The van der Waals surface area contributed by atoms with Gasteiger partial charge < -0.3 is 19.7 Å². The summed E-state index contributed by atoms with van der Waals surface area (Å²) in [5.74, 6) is 0.681. The molecular formula is C18H30N2O3. The van der Waals surface area contributed by atoms with Crippen LogP contribution in [0.3, 0.4) is 0 Å². The van der Waals surface area contributed by atoms with Crippen LogP contribution in [-0.4, -0.2) is 50.3 Å². The second-order valence-corrected chi connectivity index (χ2v) is 6.06. The van der Waals surface area contributed by atoms with E-state index in [0.717, 1.165) is 24.4 Å². The van der Waals surface area contributed by atoms with E-state index in [1.54, 1.807) is 0 Å². The Morgan fingerprint density at radius 1 is 1.17 bits per heavy atom. The summed E-state index contributed by atoms with van der Waals surface area (Å²) in [5, 5.41) is 2.92. The van der Waals surface area contributed by atoms with Gasteiger partial charge in [-0.25, -0.2) is 0 Å². The van der Waals surface area contributed by atoms with Crippen LogP contribution in [-0.2, 0) is 9.53 Å². The summed E-state index contributed by atoms with van der Waals surface area (Å²) >= 11 is 0. The molecule has 0 aliphatic carbocycles. The third-order valence-corrected chi connectivity index (χ3v) is 3.70. The molecule has 1 rings (SSSR count). The molecule has 0 heterocycles. The van der Waals surface area contributed by atoms with E-state index in [1.807, 2.05) is 59.1 Å². The Kier molecular flexibility index (Phi) is 8.06. The fraction of sp³-hybridized carbons (Fsp3) is 0.611. The average Bonchev–Trinajstić information content (AvgIpc) is 2.53. The first-order valence-corrected chi connectivity index (χ1v) is 8.24. The lowest BCUT2D eigenvalue weighted by Gasteiger charge is -2.27. The van der Waals surface area contributed by atoms with Crippen LogP contribution in [0.2, 0.25) is 0 Å². The van der Waals surface area contributed by atoms with Gasteiger partial charge in [-0.15, -0.1) is 0 Å². The van der Waals surface area contributed by atoms with Gasteiger partial charge in [0.05, 0.1) is 0 Å². The number of hydrogen-bond donors (Lipinski definition) is 1. The maximum absolute atomic E-state index is 12.4. The summed E-state index contributed by atoms with van der Waals surface area (Å²) in [6.45, 7) is 7.90. The van der Waals surface area contributed by atoms with Crippen molar-refractivity contribution in [2.24, 2.45) is 0 Å². The number of ether oxygens (including phenoxy) is 2. The number of rotatable bonds is 10. The minimum atomic E-state index is -0.795. The van der Waals surface area contributed by atoms with E-state index in [0.29, 0.717) is 19.6 Å². The topological polar surface area (TPSA) is 50.8 Å². The quantitative estimate of drug-likeness (QED) is 0.719. The normalized spacial score (nSPS) is 13.7. The fourth-order valence-electron chi connectivity index (χ4n) is 1.90. The van der Waals surface area contributed by atoms with Gasteiger partial charge in [-0.1, -0.05) is 13.8 Å². The number of likely N-dealkylation sites (N-methyl/N-ethyl adjacent to an activating group) is 1. The van der Waals surface area contributed by atoms with Crippen molar-refractivity contribution < 1.29 is 14.3 Å². The van der Waals surface area contributed by atoms with E-state index < -0.39 is 5.60 Å². The summed E-state index contributed by atoms with van der Waals surface area (Å²) in [5.41, 5.74) is -0.0496. The van der Waals surface area contributed by atoms with E-state index in [-0.39, 0.29) is 5.91 Å². The molecule has 1 amide bonds. The molecule has 0 bridgehead atoms. The molecule has 0 radical (unpaired) electrons. The first kappa shape index (κ1) is 19.5. The highest BCUT2D eigenvalue weighted by Gasteiger charge is 2.32. The molecule has 5 heteroatoms. The van der Waals surface area contributed by atoms with Crippen LogP contribution in [0, 0.1) is 0 Å². The van der Waals surface area contributed by atoms with Gasteiger partial charge in [0, 0.05) is 18.8 Å². The number of nitrogens with zero attached hydrogens (tertiary/aromatic N) is 1. The lowest BCUT2D eigenvalue weighted by atomic mass is 10.0. The van der Waals surface area contributed by atoms with Gasteiger partial charge in [-0.3, -0.25) is 4.79 Å². The molecule has 0 unspecified atom stereocenters. The van der Waals surface area contributed by atoms with Gasteiger partial charge in [0.1, 0.15) is 18.0 Å². The highest BCUT2D eigenvalue weighted by Crippen LogP contribution is 2.21. The van der Waals surface area contributed by atoms with E-state index in [2.05, 4.69) is 10.2 Å². The van der Waals surface area contributed by atoms with Crippen molar-refractivity contribution in [2.45, 2.75) is 39.2 Å². The van der Waals surface area contributed by atoms with Crippen molar-refractivity contribution >= 4 is 11.6 Å². The van der Waals surface area contributed by atoms with Crippen LogP contribution < -0.4 is 10.1 Å². The number of hydrogen-bond acceptors (Lipinski definition) is 4. The highest BCUT2D eigenvalue weighted by molar-refractivity contribution is 5.97. The van der Waals surface area contributed by atoms with Crippen molar-refractivity contribution in [3.05, 3.63) is 24.3 Å². The van der Waals surface area contributed by atoms with Crippen molar-refractivity contribution in [2.75, 3.05) is 39.2 Å². The Morgan fingerprint density at radius 2 is 1.83 bits per heavy atom. The molecule has 0 fully saturated rings. The summed E-state index contributed by atoms with van der Waals surface area (Å²) < 4.78 is 11.4. The largest absolute Gasteiger partial charge is 0.492 e. The average molecular weight is 322 g/mol. The Hall–Kier alpha value is -1.59. The summed E-state index contributed by atoms with van der Waals surface area (Å²) in [7, 11) is 4.01. The third kappa shape index (κ3) is 6.59. The predicted molar refractivity (Wildman–Crippen MR) is 94.1 cm³/mol. The number of carbonyl (C=O) groups excluding carboxylic acids is 1. The molecule has 1 atom stereocenters. The number of benzene rings is 1. The summed E-state index contributed by atoms with van der Waals surface area (Å²) in [4.78, 5) is 14.5. The first-order valence-electron chi connectivity index (χ1n) is 8.24. The zero-order valence-electron chi connectivity index (χ0n) is 15.0. The van der Waals surface area contributed by atoms with Crippen LogP contribution in [0.4, 0.5) is 5.69 Å². The maximum atomic E-state index is 12.4. The second-order valence-electron chi connectivity index (χ2n) is 6.06. The van der Waals surface area contributed by atoms with Crippen molar-refractivity contribution in [3.63, 3.8) is 0 Å². The standard InChI is InChI=1S/C18H30N2O3/c1-6-13-23-18(3,7-2)17(21)19-15-8-10-16(11-9-15)22-14-12-20(4)5/h8-11H,6-7,12-14H2,1-5H3,(H,19,21)/t18-/m1/s1. The van der Waals surface area contributed by atoms with E-state index in [9.17, 15) is 4.79 Å². The maximum Gasteiger partial charge on any atom is 0.256 e. The molecule has 0 saturated carbocycles. The lowest BCUT2D eigenvalue weighted by Crippen LogP contribution is -2.42. The van der Waals surface area contributed by atoms with Gasteiger partial charge in [0.15, 0.2) is 0 Å². The second kappa shape index (κ2) is 9.53. The molecule has 0 aliphatic heterocycles. The molecule has 23 heavy (non-hydrogen) atoms. The van der Waals surface area contributed by atoms with E-state index in [4.69, 9.17) is 9.47 Å². The smallest absolute Gasteiger partial charge is 0.256 e. The van der Waals surface area contributed by atoms with Gasteiger partial charge in [-0.05, 0) is 58.1 Å². The molecule has 0 saturated heterocycles. The Balaban J connectivity index is 2.57. The Labute approximate surface area is 140 Å². The van der Waals surface area contributed by atoms with Crippen LogP contribution >= 0.6 is 0 Å². The molecule has 5 nitrogen and oxygen atoms in total. The molecule has 1 N–H and O–H groups in total. The molecule has 1 aromatic rings. The zero-order chi connectivity index (χ0) is 17.3. The zero-order valence-corrected chi connectivity index (χ0v) is 15.0. The van der Waals surface area contributed by atoms with Gasteiger partial charge in [-0.2, -0.15) is 0 Å². The minimum absolute atomic E-state index is 0.116. The predicted octanol–water partition coefficient (Wildman–Crippen LogP) is 3.16. The van der Waals surface area contributed by atoms with Crippen LogP contribution in [0.25, 0.3) is 0 Å². The van der Waals surface area contributed by atoms with Crippen LogP contribution in [0.5, 0.6) is 5.75 Å². The highest BCUT2D eigenvalue weighted by atomic mass is 16.5. The molecule has 1 aromatic carbocycles. The summed E-state index contributed by atoms with van der Waals surface area (Å²) in [6.07, 6.45) is 1.52. The SMILES string of the molecule is CCCO[C@](C)(CC)C(=O)Nc1ccc(OCCN(C)C)cc1. The monoisotopic (exact) mass is 322 g/mol. The van der Waals surface area contributed by atoms with Crippen molar-refractivity contribution in [3.8, 4) is 5.75 Å². The van der Waals surface area contributed by atoms with Crippen LogP contribution in [0.15, 0.2) is 24.3 Å². The molecule has 0 aliphatic rings. The van der Waals surface area contributed by atoms with Crippen molar-refractivity contribution in [1.29, 1.82) is 0 Å². The number of anilines is 1. The van der Waals surface area contributed by atoms with Gasteiger partial charge in [0.25, 0.3) is 5.91 Å². The molecule has 0 spiro atoms. The Bertz CT molecular complexity index is 474. The van der Waals surface area contributed by atoms with Gasteiger partial charge in [0.2, 0.25) is 0 Å². The van der Waals surface area contributed by atoms with Gasteiger partial charge >= 0.3 is 0 Å². The minimum Gasteiger partial charge on any atom is -0.492 e. The Morgan fingerprint density at radius 3 is 2.35 bits per heavy atom. The lowest BCUT2D eigenvalue weighted by molar-refractivity contribution is -0.139. The number of nitrogens with one attached hydrogen (secondary N) is 1. The first-order chi connectivity index (χ1) is 10.9.